The lowest BCUT2D eigenvalue weighted by molar-refractivity contribution is -0.142. The molecule has 1 aromatic rings. The summed E-state index contributed by atoms with van der Waals surface area (Å²) in [6.07, 6.45) is 1.77. The largest absolute Gasteiger partial charge is 0.481 e. The van der Waals surface area contributed by atoms with E-state index in [9.17, 15) is 14.9 Å². The number of nitrogens with zero attached hydrogens (tertiary/aromatic N) is 3. The Morgan fingerprint density at radius 3 is 2.77 bits per heavy atom. The number of carboxylic acid groups (broad SMARTS) is 1. The number of pyridine rings is 1. The number of hydrogen-bond donors (Lipinski definition) is 1. The first-order valence-corrected chi connectivity index (χ1v) is 7.88. The summed E-state index contributed by atoms with van der Waals surface area (Å²) < 4.78 is 4.97. The number of nitriles is 1. The molecule has 0 radical (unpaired) electrons. The summed E-state index contributed by atoms with van der Waals surface area (Å²) >= 11 is 1.28. The molecule has 1 aliphatic rings. The van der Waals surface area contributed by atoms with E-state index in [0.717, 1.165) is 0 Å². The number of carbonyl (C=O) groups excluding carboxylic acids is 1. The number of aromatic nitrogens is 1. The Kier molecular flexibility index (Phi) is 4.88. The van der Waals surface area contributed by atoms with Crippen LogP contribution in [0.1, 0.15) is 22.8 Å². The standard InChI is InChI=1S/C14H15N3O4S/c1-3-21-14(20)10-4-8(5-15)11(16-12(10)22-2)17-6-9(7-17)13(18)19/h4,9H,3,6-7H2,1-2H3,(H,18,19). The zero-order valence-electron chi connectivity index (χ0n) is 12.2. The van der Waals surface area contributed by atoms with Gasteiger partial charge in [0.05, 0.1) is 23.7 Å². The number of anilines is 1. The smallest absolute Gasteiger partial charge is 0.340 e. The van der Waals surface area contributed by atoms with Crippen LogP contribution in [-0.2, 0) is 9.53 Å². The van der Waals surface area contributed by atoms with E-state index < -0.39 is 17.9 Å². The number of esters is 1. The summed E-state index contributed by atoms with van der Waals surface area (Å²) in [5, 5.41) is 18.7. The molecule has 0 aromatic carbocycles. The van der Waals surface area contributed by atoms with Gasteiger partial charge in [-0.2, -0.15) is 5.26 Å². The monoisotopic (exact) mass is 321 g/mol. The highest BCUT2D eigenvalue weighted by molar-refractivity contribution is 7.98. The van der Waals surface area contributed by atoms with Crippen LogP contribution >= 0.6 is 11.8 Å². The normalized spacial score (nSPS) is 14.1. The first-order valence-electron chi connectivity index (χ1n) is 6.65. The molecule has 0 unspecified atom stereocenters. The molecule has 8 heteroatoms. The average Bonchev–Trinajstić information content (AvgIpc) is 2.44. The van der Waals surface area contributed by atoms with Gasteiger partial charge >= 0.3 is 11.9 Å². The maximum absolute atomic E-state index is 11.9. The molecule has 0 spiro atoms. The molecular weight excluding hydrogens is 306 g/mol. The summed E-state index contributed by atoms with van der Waals surface area (Å²) in [4.78, 5) is 28.9. The molecule has 1 fully saturated rings. The van der Waals surface area contributed by atoms with Gasteiger partial charge in [0.15, 0.2) is 0 Å². The molecule has 0 amide bonds. The summed E-state index contributed by atoms with van der Waals surface area (Å²) in [6.45, 7) is 2.56. The maximum atomic E-state index is 11.9. The van der Waals surface area contributed by atoms with Crippen molar-refractivity contribution in [3.63, 3.8) is 0 Å². The minimum Gasteiger partial charge on any atom is -0.481 e. The van der Waals surface area contributed by atoms with Gasteiger partial charge in [0, 0.05) is 13.1 Å². The van der Waals surface area contributed by atoms with E-state index in [1.54, 1.807) is 18.1 Å². The Hall–Kier alpha value is -2.27. The fraction of sp³-hybridized carbons (Fsp3) is 0.429. The van der Waals surface area contributed by atoms with E-state index in [-0.39, 0.29) is 17.7 Å². The van der Waals surface area contributed by atoms with Gasteiger partial charge in [-0.05, 0) is 19.2 Å². The van der Waals surface area contributed by atoms with Gasteiger partial charge < -0.3 is 14.7 Å². The fourth-order valence-electron chi connectivity index (χ4n) is 2.13. The van der Waals surface area contributed by atoms with Gasteiger partial charge in [-0.25, -0.2) is 9.78 Å². The molecule has 0 saturated carbocycles. The fourth-order valence-corrected chi connectivity index (χ4v) is 2.67. The second-order valence-corrected chi connectivity index (χ2v) is 5.48. The van der Waals surface area contributed by atoms with Crippen LogP contribution in [0.5, 0.6) is 0 Å². The predicted molar refractivity (Wildman–Crippen MR) is 80.0 cm³/mol. The third-order valence-corrected chi connectivity index (χ3v) is 4.00. The molecule has 7 nitrogen and oxygen atoms in total. The molecule has 0 atom stereocenters. The second-order valence-electron chi connectivity index (χ2n) is 4.69. The zero-order valence-corrected chi connectivity index (χ0v) is 13.0. The Balaban J connectivity index is 2.34. The zero-order chi connectivity index (χ0) is 16.3. The lowest BCUT2D eigenvalue weighted by Crippen LogP contribution is -2.51. The Labute approximate surface area is 131 Å². The average molecular weight is 321 g/mol. The number of aliphatic carboxylic acids is 1. The number of rotatable bonds is 5. The van der Waals surface area contributed by atoms with E-state index in [4.69, 9.17) is 9.84 Å². The molecule has 2 heterocycles. The molecule has 1 saturated heterocycles. The maximum Gasteiger partial charge on any atom is 0.340 e. The lowest BCUT2D eigenvalue weighted by atomic mass is 9.99. The van der Waals surface area contributed by atoms with Crippen molar-refractivity contribution < 1.29 is 19.4 Å². The van der Waals surface area contributed by atoms with Crippen LogP contribution in [0.3, 0.4) is 0 Å². The Bertz CT molecular complexity index is 650. The Morgan fingerprint density at radius 1 is 1.59 bits per heavy atom. The van der Waals surface area contributed by atoms with Crippen LogP contribution in [0.2, 0.25) is 0 Å². The number of thioether (sulfide) groups is 1. The SMILES string of the molecule is CCOC(=O)c1cc(C#N)c(N2CC(C(=O)O)C2)nc1SC. The van der Waals surface area contributed by atoms with Crippen LogP contribution in [0.4, 0.5) is 5.82 Å². The van der Waals surface area contributed by atoms with Gasteiger partial charge in [-0.3, -0.25) is 4.79 Å². The predicted octanol–water partition coefficient (Wildman–Crippen LogP) is 1.37. The van der Waals surface area contributed by atoms with E-state index in [1.165, 1.54) is 17.8 Å². The van der Waals surface area contributed by atoms with Gasteiger partial charge in [0.25, 0.3) is 0 Å². The number of hydrogen-bond acceptors (Lipinski definition) is 7. The lowest BCUT2D eigenvalue weighted by Gasteiger charge is -2.38. The van der Waals surface area contributed by atoms with E-state index >= 15 is 0 Å². The van der Waals surface area contributed by atoms with Crippen molar-refractivity contribution in [2.24, 2.45) is 5.92 Å². The molecule has 22 heavy (non-hydrogen) atoms. The van der Waals surface area contributed by atoms with Crippen LogP contribution < -0.4 is 4.90 Å². The second kappa shape index (κ2) is 6.66. The summed E-state index contributed by atoms with van der Waals surface area (Å²) in [5.74, 6) is -1.41. The summed E-state index contributed by atoms with van der Waals surface area (Å²) in [7, 11) is 0. The highest BCUT2D eigenvalue weighted by atomic mass is 32.2. The third-order valence-electron chi connectivity index (χ3n) is 3.31. The minimum atomic E-state index is -0.858. The topological polar surface area (TPSA) is 104 Å². The van der Waals surface area contributed by atoms with Crippen molar-refractivity contribution in [3.05, 3.63) is 17.2 Å². The number of carbonyl (C=O) groups is 2. The van der Waals surface area contributed by atoms with E-state index in [1.807, 2.05) is 6.07 Å². The highest BCUT2D eigenvalue weighted by Gasteiger charge is 2.35. The number of ether oxygens (including phenoxy) is 1. The van der Waals surface area contributed by atoms with Crippen LogP contribution in [0, 0.1) is 17.2 Å². The quantitative estimate of drug-likeness (QED) is 0.640. The van der Waals surface area contributed by atoms with Crippen molar-refractivity contribution in [1.29, 1.82) is 5.26 Å². The van der Waals surface area contributed by atoms with Crippen LogP contribution in [0.25, 0.3) is 0 Å². The first-order chi connectivity index (χ1) is 10.5. The van der Waals surface area contributed by atoms with Crippen molar-refractivity contribution in [3.8, 4) is 6.07 Å². The van der Waals surface area contributed by atoms with Crippen molar-refractivity contribution in [1.82, 2.24) is 4.98 Å². The Morgan fingerprint density at radius 2 is 2.27 bits per heavy atom. The summed E-state index contributed by atoms with van der Waals surface area (Å²) in [6, 6.07) is 3.47. The minimum absolute atomic E-state index is 0.239. The van der Waals surface area contributed by atoms with E-state index in [0.29, 0.717) is 23.9 Å². The molecule has 1 aromatic heterocycles. The van der Waals surface area contributed by atoms with E-state index in [2.05, 4.69) is 4.98 Å². The van der Waals surface area contributed by atoms with Gasteiger partial charge in [-0.15, -0.1) is 11.8 Å². The van der Waals surface area contributed by atoms with Gasteiger partial charge in [0.1, 0.15) is 16.9 Å². The molecule has 2 rings (SSSR count). The first kappa shape index (κ1) is 16.1. The van der Waals surface area contributed by atoms with Crippen molar-refractivity contribution in [2.75, 3.05) is 30.9 Å². The molecular formula is C14H15N3O4S. The van der Waals surface area contributed by atoms with Crippen molar-refractivity contribution >= 4 is 29.5 Å². The molecule has 116 valence electrons. The molecule has 1 aliphatic heterocycles. The van der Waals surface area contributed by atoms with Crippen LogP contribution in [0.15, 0.2) is 11.1 Å². The van der Waals surface area contributed by atoms with Crippen molar-refractivity contribution in [2.45, 2.75) is 11.9 Å². The molecule has 0 bridgehead atoms. The van der Waals surface area contributed by atoms with Gasteiger partial charge in [-0.1, -0.05) is 0 Å². The highest BCUT2D eigenvalue weighted by Crippen LogP contribution is 2.31. The van der Waals surface area contributed by atoms with Crippen LogP contribution in [-0.4, -0.2) is 48.0 Å². The number of carboxylic acids is 1. The molecule has 1 N–H and O–H groups in total. The van der Waals surface area contributed by atoms with Gasteiger partial charge in [0.2, 0.25) is 0 Å². The summed E-state index contributed by atoms with van der Waals surface area (Å²) in [5.41, 5.74) is 0.495. The third kappa shape index (κ3) is 2.99. The molecule has 0 aliphatic carbocycles.